The lowest BCUT2D eigenvalue weighted by Crippen LogP contribution is -2.66. The predicted molar refractivity (Wildman–Crippen MR) is 191 cm³/mol. The first-order valence-corrected chi connectivity index (χ1v) is 17.3. The second-order valence-corrected chi connectivity index (χ2v) is 12.6. The summed E-state index contributed by atoms with van der Waals surface area (Å²) in [6.45, 7) is -0.104. The standard InChI is InChI=1S/C43H42F2O7/c44-43(45,42(46)51-30-36-24-14-5-15-25-36)41-40(50-29-35-22-12-4-13-23-35)39(49-28-34-20-10-3-11-21-34)38(48-27-33-18-8-2-9-19-33)37(52-41)31-47-26-32-16-6-1-7-17-32/h1-25,37-41H,26-31H2. The average Bonchev–Trinajstić information content (AvgIpc) is 3.19. The predicted octanol–water partition coefficient (Wildman–Crippen LogP) is 8.11. The molecular formula is C43H42F2O7. The molecule has 52 heavy (non-hydrogen) atoms. The van der Waals surface area contributed by atoms with Gasteiger partial charge < -0.3 is 28.4 Å². The Bertz CT molecular complexity index is 1760. The molecule has 5 aromatic carbocycles. The highest BCUT2D eigenvalue weighted by atomic mass is 19.3. The molecule has 1 fully saturated rings. The summed E-state index contributed by atoms with van der Waals surface area (Å²) in [7, 11) is 0. The van der Waals surface area contributed by atoms with Crippen molar-refractivity contribution < 1.29 is 42.0 Å². The first-order valence-electron chi connectivity index (χ1n) is 17.3. The quantitative estimate of drug-likeness (QED) is 0.0905. The summed E-state index contributed by atoms with van der Waals surface area (Å²) in [5.41, 5.74) is 3.89. The number of alkyl halides is 2. The Morgan fingerprint density at radius 2 is 0.865 bits per heavy atom. The van der Waals surface area contributed by atoms with Crippen LogP contribution in [0.1, 0.15) is 27.8 Å². The molecule has 5 atom stereocenters. The molecule has 5 unspecified atom stereocenters. The van der Waals surface area contributed by atoms with Gasteiger partial charge in [0.2, 0.25) is 0 Å². The van der Waals surface area contributed by atoms with Crippen molar-refractivity contribution in [2.24, 2.45) is 0 Å². The van der Waals surface area contributed by atoms with E-state index in [1.807, 2.05) is 121 Å². The molecule has 0 aliphatic carbocycles. The summed E-state index contributed by atoms with van der Waals surface area (Å²) in [5, 5.41) is 0. The van der Waals surface area contributed by atoms with Gasteiger partial charge in [0.25, 0.3) is 0 Å². The van der Waals surface area contributed by atoms with Gasteiger partial charge in [0.05, 0.1) is 33.0 Å². The van der Waals surface area contributed by atoms with Crippen molar-refractivity contribution in [3.05, 3.63) is 179 Å². The molecule has 1 saturated heterocycles. The van der Waals surface area contributed by atoms with Crippen LogP contribution in [-0.2, 0) is 66.3 Å². The Morgan fingerprint density at radius 1 is 0.500 bits per heavy atom. The van der Waals surface area contributed by atoms with Gasteiger partial charge in [-0.15, -0.1) is 0 Å². The Kier molecular flexibility index (Phi) is 13.3. The molecule has 0 N–H and O–H groups in total. The number of halogens is 2. The molecule has 1 aliphatic heterocycles. The lowest BCUT2D eigenvalue weighted by molar-refractivity contribution is -0.308. The van der Waals surface area contributed by atoms with Gasteiger partial charge in [0.15, 0.2) is 6.10 Å². The van der Waals surface area contributed by atoms with Crippen molar-refractivity contribution in [1.29, 1.82) is 0 Å². The van der Waals surface area contributed by atoms with Crippen LogP contribution in [0.3, 0.4) is 0 Å². The minimum absolute atomic E-state index is 0.0493. The lowest BCUT2D eigenvalue weighted by Gasteiger charge is -2.47. The zero-order valence-electron chi connectivity index (χ0n) is 28.7. The molecule has 0 amide bonds. The second-order valence-electron chi connectivity index (χ2n) is 12.6. The summed E-state index contributed by atoms with van der Waals surface area (Å²) in [6.07, 6.45) is -6.71. The third kappa shape index (κ3) is 10.2. The first-order chi connectivity index (χ1) is 25.5. The monoisotopic (exact) mass is 708 g/mol. The molecule has 1 heterocycles. The van der Waals surface area contributed by atoms with E-state index in [9.17, 15) is 4.79 Å². The maximum atomic E-state index is 16.6. The fourth-order valence-corrected chi connectivity index (χ4v) is 6.02. The summed E-state index contributed by atoms with van der Waals surface area (Å²) in [5.74, 6) is -5.88. The number of benzene rings is 5. The fraction of sp³-hybridized carbons (Fsp3) is 0.279. The van der Waals surface area contributed by atoms with Crippen molar-refractivity contribution in [1.82, 2.24) is 0 Å². The number of hydrogen-bond acceptors (Lipinski definition) is 7. The number of esters is 1. The van der Waals surface area contributed by atoms with Crippen molar-refractivity contribution in [3.63, 3.8) is 0 Å². The summed E-state index contributed by atoms with van der Waals surface area (Å²) in [4.78, 5) is 13.3. The average molecular weight is 709 g/mol. The van der Waals surface area contributed by atoms with E-state index in [4.69, 9.17) is 28.4 Å². The number of rotatable bonds is 17. The summed E-state index contributed by atoms with van der Waals surface area (Å²) in [6, 6.07) is 46.2. The van der Waals surface area contributed by atoms with Gasteiger partial charge in [-0.3, -0.25) is 0 Å². The van der Waals surface area contributed by atoms with Gasteiger partial charge in [-0.05, 0) is 27.8 Å². The smallest absolute Gasteiger partial charge is 0.380 e. The highest BCUT2D eigenvalue weighted by molar-refractivity contribution is 5.78. The Morgan fingerprint density at radius 3 is 1.31 bits per heavy atom. The minimum Gasteiger partial charge on any atom is -0.456 e. The third-order valence-corrected chi connectivity index (χ3v) is 8.73. The molecule has 6 rings (SSSR count). The summed E-state index contributed by atoms with van der Waals surface area (Å²) < 4.78 is 70.2. The number of ether oxygens (including phenoxy) is 6. The molecule has 9 heteroatoms. The summed E-state index contributed by atoms with van der Waals surface area (Å²) >= 11 is 0. The SMILES string of the molecule is O=C(OCc1ccccc1)C(F)(F)C1OC(COCc2ccccc2)C(OCc2ccccc2)C(OCc2ccccc2)C1OCc1ccccc1. The Balaban J connectivity index is 1.34. The molecule has 270 valence electrons. The van der Waals surface area contributed by atoms with Crippen molar-refractivity contribution in [2.45, 2.75) is 69.5 Å². The Labute approximate surface area is 303 Å². The van der Waals surface area contributed by atoms with E-state index in [-0.39, 0.29) is 39.6 Å². The van der Waals surface area contributed by atoms with Gasteiger partial charge in [-0.1, -0.05) is 152 Å². The van der Waals surface area contributed by atoms with Crippen LogP contribution in [0.2, 0.25) is 0 Å². The van der Waals surface area contributed by atoms with Crippen LogP contribution in [0.15, 0.2) is 152 Å². The van der Waals surface area contributed by atoms with Crippen molar-refractivity contribution in [2.75, 3.05) is 6.61 Å². The highest BCUT2D eigenvalue weighted by Crippen LogP contribution is 2.38. The molecular weight excluding hydrogens is 666 g/mol. The molecule has 0 spiro atoms. The van der Waals surface area contributed by atoms with Gasteiger partial charge in [0.1, 0.15) is 31.0 Å². The van der Waals surface area contributed by atoms with Crippen molar-refractivity contribution >= 4 is 5.97 Å². The zero-order valence-corrected chi connectivity index (χ0v) is 28.7. The molecule has 5 aromatic rings. The second kappa shape index (κ2) is 18.6. The van der Waals surface area contributed by atoms with Gasteiger partial charge in [-0.2, -0.15) is 8.78 Å². The van der Waals surface area contributed by atoms with Crippen molar-refractivity contribution in [3.8, 4) is 0 Å². The topological polar surface area (TPSA) is 72.5 Å². The van der Waals surface area contributed by atoms with Crippen LogP contribution in [0.4, 0.5) is 8.78 Å². The van der Waals surface area contributed by atoms with E-state index in [2.05, 4.69) is 0 Å². The number of hydrogen-bond donors (Lipinski definition) is 0. The van der Waals surface area contributed by atoms with E-state index in [0.29, 0.717) is 5.56 Å². The van der Waals surface area contributed by atoms with Crippen LogP contribution < -0.4 is 0 Å². The van der Waals surface area contributed by atoms with E-state index >= 15 is 8.78 Å². The number of carbonyl (C=O) groups is 1. The van der Waals surface area contributed by atoms with Crippen LogP contribution in [0.5, 0.6) is 0 Å². The van der Waals surface area contributed by atoms with Gasteiger partial charge >= 0.3 is 11.9 Å². The van der Waals surface area contributed by atoms with Crippen LogP contribution in [0, 0.1) is 0 Å². The first kappa shape index (κ1) is 37.0. The van der Waals surface area contributed by atoms with E-state index in [1.54, 1.807) is 30.3 Å². The molecule has 0 bridgehead atoms. The van der Waals surface area contributed by atoms with Gasteiger partial charge in [-0.25, -0.2) is 4.79 Å². The molecule has 7 nitrogen and oxygen atoms in total. The molecule has 0 saturated carbocycles. The fourth-order valence-electron chi connectivity index (χ4n) is 6.02. The minimum atomic E-state index is -4.15. The molecule has 0 radical (unpaired) electrons. The molecule has 1 aliphatic rings. The van der Waals surface area contributed by atoms with Crippen LogP contribution in [-0.4, -0.2) is 49.0 Å². The van der Waals surface area contributed by atoms with E-state index in [0.717, 1.165) is 22.3 Å². The van der Waals surface area contributed by atoms with E-state index < -0.39 is 42.4 Å². The van der Waals surface area contributed by atoms with E-state index in [1.165, 1.54) is 0 Å². The maximum Gasteiger partial charge on any atom is 0.380 e. The normalized spacial score (nSPS) is 20.3. The zero-order chi connectivity index (χ0) is 36.0. The molecule has 0 aromatic heterocycles. The lowest BCUT2D eigenvalue weighted by atomic mass is 9.90. The van der Waals surface area contributed by atoms with Gasteiger partial charge in [0, 0.05) is 0 Å². The highest BCUT2D eigenvalue weighted by Gasteiger charge is 2.61. The Hall–Kier alpha value is -4.77. The number of carbonyl (C=O) groups excluding carboxylic acids is 1. The third-order valence-electron chi connectivity index (χ3n) is 8.73. The van der Waals surface area contributed by atoms with Crippen LogP contribution >= 0.6 is 0 Å². The largest absolute Gasteiger partial charge is 0.456 e. The maximum absolute atomic E-state index is 16.6. The van der Waals surface area contributed by atoms with Crippen LogP contribution in [0.25, 0.3) is 0 Å².